The minimum absolute atomic E-state index is 0.219. The molecule has 3 rings (SSSR count). The highest BCUT2D eigenvalue weighted by Gasteiger charge is 2.29. The van der Waals surface area contributed by atoms with Crippen LogP contribution in [0.5, 0.6) is 0 Å². The van der Waals surface area contributed by atoms with E-state index in [0.29, 0.717) is 11.3 Å². The molecule has 1 unspecified atom stereocenters. The number of pyridine rings is 1. The maximum Gasteiger partial charge on any atom is 0.267 e. The lowest BCUT2D eigenvalue weighted by molar-refractivity contribution is 0.0896. The number of hydrogen-bond donors (Lipinski definition) is 3. The third-order valence-corrected chi connectivity index (χ3v) is 3.64. The summed E-state index contributed by atoms with van der Waals surface area (Å²) >= 11 is 0. The Kier molecular flexibility index (Phi) is 3.28. The zero-order valence-electron chi connectivity index (χ0n) is 10.9. The van der Waals surface area contributed by atoms with Crippen LogP contribution in [0.4, 0.5) is 0 Å². The quantitative estimate of drug-likeness (QED) is 0.777. The second-order valence-electron chi connectivity index (χ2n) is 5.21. The number of rotatable bonds is 4. The Balaban J connectivity index is 1.78. The van der Waals surface area contributed by atoms with Crippen LogP contribution in [0.3, 0.4) is 0 Å². The van der Waals surface area contributed by atoms with Gasteiger partial charge in [-0.1, -0.05) is 18.2 Å². The molecule has 20 heavy (non-hydrogen) atoms. The van der Waals surface area contributed by atoms with Crippen molar-refractivity contribution in [2.75, 3.05) is 6.54 Å². The number of fused-ring (bicyclic) bond motifs is 1. The summed E-state index contributed by atoms with van der Waals surface area (Å²) < 4.78 is 0. The highest BCUT2D eigenvalue weighted by molar-refractivity contribution is 5.96. The van der Waals surface area contributed by atoms with Crippen molar-refractivity contribution < 1.29 is 9.90 Å². The predicted molar refractivity (Wildman–Crippen MR) is 75.6 cm³/mol. The number of nitrogens with one attached hydrogen (secondary N) is 2. The molecule has 0 radical (unpaired) electrons. The van der Waals surface area contributed by atoms with E-state index in [0.717, 1.165) is 18.2 Å². The van der Waals surface area contributed by atoms with E-state index in [-0.39, 0.29) is 23.7 Å². The van der Waals surface area contributed by atoms with E-state index in [4.69, 9.17) is 0 Å². The van der Waals surface area contributed by atoms with Crippen molar-refractivity contribution in [1.82, 2.24) is 10.3 Å². The molecule has 1 atom stereocenters. The van der Waals surface area contributed by atoms with Gasteiger partial charge in [-0.25, -0.2) is 0 Å². The van der Waals surface area contributed by atoms with Gasteiger partial charge in [0.2, 0.25) is 0 Å². The molecule has 5 nitrogen and oxygen atoms in total. The van der Waals surface area contributed by atoms with Gasteiger partial charge in [-0.3, -0.25) is 9.59 Å². The zero-order chi connectivity index (χ0) is 14.1. The number of aromatic amines is 1. The Morgan fingerprint density at radius 3 is 2.90 bits per heavy atom. The number of aliphatic hydroxyl groups is 1. The van der Waals surface area contributed by atoms with Crippen LogP contribution in [-0.2, 0) is 0 Å². The van der Waals surface area contributed by atoms with Gasteiger partial charge in [0, 0.05) is 11.9 Å². The van der Waals surface area contributed by atoms with Crippen LogP contribution in [0.1, 0.15) is 23.3 Å². The molecular formula is C15H16N2O3. The van der Waals surface area contributed by atoms with Gasteiger partial charge >= 0.3 is 0 Å². The highest BCUT2D eigenvalue weighted by atomic mass is 16.3. The Hall–Kier alpha value is -2.14. The summed E-state index contributed by atoms with van der Waals surface area (Å²) in [6.45, 7) is 0.221. The molecule has 1 saturated carbocycles. The average molecular weight is 272 g/mol. The van der Waals surface area contributed by atoms with Crippen molar-refractivity contribution in [3.05, 3.63) is 46.4 Å². The first kappa shape index (κ1) is 12.9. The summed E-state index contributed by atoms with van der Waals surface area (Å²) in [5, 5.41) is 13.7. The molecule has 0 bridgehead atoms. The van der Waals surface area contributed by atoms with Gasteiger partial charge in [-0.15, -0.1) is 0 Å². The first-order valence-corrected chi connectivity index (χ1v) is 6.73. The zero-order valence-corrected chi connectivity index (χ0v) is 10.9. The van der Waals surface area contributed by atoms with Crippen LogP contribution >= 0.6 is 0 Å². The molecule has 104 valence electrons. The van der Waals surface area contributed by atoms with Crippen LogP contribution in [0.2, 0.25) is 0 Å². The maximum absolute atomic E-state index is 12.0. The third-order valence-electron chi connectivity index (χ3n) is 3.64. The second kappa shape index (κ2) is 5.09. The van der Waals surface area contributed by atoms with Crippen molar-refractivity contribution in [2.24, 2.45) is 5.92 Å². The van der Waals surface area contributed by atoms with E-state index in [2.05, 4.69) is 10.3 Å². The van der Waals surface area contributed by atoms with Crippen molar-refractivity contribution >= 4 is 16.7 Å². The van der Waals surface area contributed by atoms with Gasteiger partial charge < -0.3 is 15.4 Å². The standard InChI is InChI=1S/C15H16N2O3/c18-13(9-5-6-9)8-16-15(20)12-7-10-3-1-2-4-11(10)14(19)17-12/h1-4,7,9,13,18H,5-6,8H2,(H,16,20)(H,17,19). The molecule has 1 aliphatic rings. The molecular weight excluding hydrogens is 256 g/mol. The van der Waals surface area contributed by atoms with E-state index in [1.54, 1.807) is 24.3 Å². The van der Waals surface area contributed by atoms with Crippen LogP contribution < -0.4 is 10.9 Å². The Morgan fingerprint density at radius 2 is 2.15 bits per heavy atom. The molecule has 2 aromatic rings. The van der Waals surface area contributed by atoms with Crippen LogP contribution in [0, 0.1) is 5.92 Å². The van der Waals surface area contributed by atoms with Crippen molar-refractivity contribution in [1.29, 1.82) is 0 Å². The number of amides is 1. The van der Waals surface area contributed by atoms with Gasteiger partial charge in [0.15, 0.2) is 0 Å². The van der Waals surface area contributed by atoms with Gasteiger partial charge in [0.05, 0.1) is 6.10 Å². The molecule has 1 aromatic carbocycles. The maximum atomic E-state index is 12.0. The minimum atomic E-state index is -0.494. The fourth-order valence-corrected chi connectivity index (χ4v) is 2.27. The van der Waals surface area contributed by atoms with Crippen LogP contribution in [0.15, 0.2) is 35.1 Å². The number of aliphatic hydroxyl groups excluding tert-OH is 1. The molecule has 3 N–H and O–H groups in total. The van der Waals surface area contributed by atoms with Gasteiger partial charge in [-0.2, -0.15) is 0 Å². The van der Waals surface area contributed by atoms with Crippen LogP contribution in [0.25, 0.3) is 10.8 Å². The molecule has 5 heteroatoms. The molecule has 1 heterocycles. The van der Waals surface area contributed by atoms with E-state index in [1.165, 1.54) is 0 Å². The molecule has 0 saturated heterocycles. The molecule has 0 spiro atoms. The van der Waals surface area contributed by atoms with Gasteiger partial charge in [-0.05, 0) is 36.3 Å². The lowest BCUT2D eigenvalue weighted by Crippen LogP contribution is -2.34. The van der Waals surface area contributed by atoms with Gasteiger partial charge in [0.1, 0.15) is 5.69 Å². The summed E-state index contributed by atoms with van der Waals surface area (Å²) in [6.07, 6.45) is 1.54. The van der Waals surface area contributed by atoms with E-state index in [9.17, 15) is 14.7 Å². The molecule has 1 amide bonds. The average Bonchev–Trinajstić information content (AvgIpc) is 3.29. The number of hydrogen-bond acceptors (Lipinski definition) is 3. The SMILES string of the molecule is O=C(NCC(O)C1CC1)c1cc2ccccc2c(=O)[nH]1. The van der Waals surface area contributed by atoms with Gasteiger partial charge in [0.25, 0.3) is 11.5 Å². The van der Waals surface area contributed by atoms with E-state index in [1.807, 2.05) is 6.07 Å². The normalized spacial score (nSPS) is 16.1. The number of H-pyrrole nitrogens is 1. The number of carbonyl (C=O) groups is 1. The largest absolute Gasteiger partial charge is 0.391 e. The molecule has 1 aromatic heterocycles. The summed E-state index contributed by atoms with van der Waals surface area (Å²) in [7, 11) is 0. The number of benzene rings is 1. The number of aromatic nitrogens is 1. The van der Waals surface area contributed by atoms with Crippen LogP contribution in [-0.4, -0.2) is 28.6 Å². The Bertz CT molecular complexity index is 704. The Morgan fingerprint density at radius 1 is 1.40 bits per heavy atom. The lowest BCUT2D eigenvalue weighted by Gasteiger charge is -2.10. The summed E-state index contributed by atoms with van der Waals surface area (Å²) in [5.74, 6) is -0.0569. The first-order valence-electron chi connectivity index (χ1n) is 6.73. The molecule has 0 aliphatic heterocycles. The summed E-state index contributed by atoms with van der Waals surface area (Å²) in [5.41, 5.74) is -0.0623. The molecule has 1 fully saturated rings. The van der Waals surface area contributed by atoms with Crippen molar-refractivity contribution in [3.63, 3.8) is 0 Å². The highest BCUT2D eigenvalue weighted by Crippen LogP contribution is 2.32. The summed E-state index contributed by atoms with van der Waals surface area (Å²) in [4.78, 5) is 26.4. The fraction of sp³-hybridized carbons (Fsp3) is 0.333. The van der Waals surface area contributed by atoms with E-state index < -0.39 is 6.10 Å². The van der Waals surface area contributed by atoms with E-state index >= 15 is 0 Å². The lowest BCUT2D eigenvalue weighted by atomic mass is 10.1. The monoisotopic (exact) mass is 272 g/mol. The van der Waals surface area contributed by atoms with Crippen molar-refractivity contribution in [3.8, 4) is 0 Å². The summed E-state index contributed by atoms with van der Waals surface area (Å²) in [6, 6.07) is 8.76. The first-order chi connectivity index (χ1) is 9.65. The second-order valence-corrected chi connectivity index (χ2v) is 5.21. The number of carbonyl (C=O) groups excluding carboxylic acids is 1. The fourth-order valence-electron chi connectivity index (χ4n) is 2.27. The Labute approximate surface area is 115 Å². The smallest absolute Gasteiger partial charge is 0.267 e. The topological polar surface area (TPSA) is 82.2 Å². The minimum Gasteiger partial charge on any atom is -0.391 e. The molecule has 1 aliphatic carbocycles. The van der Waals surface area contributed by atoms with Crippen molar-refractivity contribution in [2.45, 2.75) is 18.9 Å². The third kappa shape index (κ3) is 2.58. The predicted octanol–water partition coefficient (Wildman–Crippen LogP) is 1.03.